The summed E-state index contributed by atoms with van der Waals surface area (Å²) in [6.45, 7) is 1.96. The van der Waals surface area contributed by atoms with Crippen molar-refractivity contribution in [2.24, 2.45) is 5.92 Å². The molecule has 2 nitrogen and oxygen atoms in total. The van der Waals surface area contributed by atoms with E-state index in [1.807, 2.05) is 37.3 Å². The van der Waals surface area contributed by atoms with E-state index in [1.165, 1.54) is 25.7 Å². The molecule has 19 heavy (non-hydrogen) atoms. The number of hydrogen-bond acceptors (Lipinski definition) is 2. The molecular formula is C16H22O2S. The van der Waals surface area contributed by atoms with Gasteiger partial charge in [0.2, 0.25) is 0 Å². The summed E-state index contributed by atoms with van der Waals surface area (Å²) in [4.78, 5) is 12.4. The van der Waals surface area contributed by atoms with Crippen molar-refractivity contribution in [3.05, 3.63) is 35.9 Å². The summed E-state index contributed by atoms with van der Waals surface area (Å²) < 4.78 is 12.4. The van der Waals surface area contributed by atoms with Crippen LogP contribution in [0.5, 0.6) is 0 Å². The van der Waals surface area contributed by atoms with Crippen LogP contribution in [0, 0.1) is 5.92 Å². The lowest BCUT2D eigenvalue weighted by molar-refractivity contribution is 0.0986. The molecule has 104 valence electrons. The summed E-state index contributed by atoms with van der Waals surface area (Å²) in [6.07, 6.45) is 5.53. The molecule has 1 aliphatic carbocycles. The molecule has 0 bridgehead atoms. The van der Waals surface area contributed by atoms with E-state index in [0.717, 1.165) is 0 Å². The van der Waals surface area contributed by atoms with Crippen LogP contribution in [0.2, 0.25) is 0 Å². The van der Waals surface area contributed by atoms with Crippen LogP contribution in [-0.4, -0.2) is 21.0 Å². The minimum absolute atomic E-state index is 0.0411. The summed E-state index contributed by atoms with van der Waals surface area (Å²) in [6, 6.07) is 9.25. The number of Topliss-reactive ketones (excluding diaryl/α,β-unsaturated/α-hetero) is 1. The molecule has 0 amide bonds. The second-order valence-corrected chi connectivity index (χ2v) is 6.99. The van der Waals surface area contributed by atoms with Gasteiger partial charge in [0.15, 0.2) is 5.78 Å². The highest BCUT2D eigenvalue weighted by Crippen LogP contribution is 2.26. The molecule has 3 heteroatoms. The first kappa shape index (κ1) is 14.4. The highest BCUT2D eigenvalue weighted by atomic mass is 32.2. The molecule has 1 aliphatic rings. The summed E-state index contributed by atoms with van der Waals surface area (Å²) >= 11 is 0. The Morgan fingerprint density at radius 1 is 1.26 bits per heavy atom. The van der Waals surface area contributed by atoms with Crippen molar-refractivity contribution in [2.45, 2.75) is 44.3 Å². The van der Waals surface area contributed by atoms with E-state index >= 15 is 0 Å². The molecule has 1 aromatic carbocycles. The van der Waals surface area contributed by atoms with Crippen molar-refractivity contribution in [3.63, 3.8) is 0 Å². The third-order valence-electron chi connectivity index (χ3n) is 3.91. The van der Waals surface area contributed by atoms with Gasteiger partial charge in [-0.1, -0.05) is 50.1 Å². The first-order valence-corrected chi connectivity index (χ1v) is 8.57. The van der Waals surface area contributed by atoms with Gasteiger partial charge < -0.3 is 0 Å². The topological polar surface area (TPSA) is 34.1 Å². The normalized spacial score (nSPS) is 19.2. The summed E-state index contributed by atoms with van der Waals surface area (Å²) in [7, 11) is -1.03. The molecule has 2 rings (SSSR count). The first-order valence-electron chi connectivity index (χ1n) is 7.18. The van der Waals surface area contributed by atoms with E-state index in [0.29, 0.717) is 23.7 Å². The highest BCUT2D eigenvalue weighted by molar-refractivity contribution is 7.86. The van der Waals surface area contributed by atoms with Crippen molar-refractivity contribution in [1.82, 2.24) is 0 Å². The van der Waals surface area contributed by atoms with Crippen LogP contribution in [0.1, 0.15) is 49.4 Å². The number of hydrogen-bond donors (Lipinski definition) is 0. The van der Waals surface area contributed by atoms with Crippen molar-refractivity contribution >= 4 is 16.6 Å². The van der Waals surface area contributed by atoms with E-state index < -0.39 is 10.8 Å². The van der Waals surface area contributed by atoms with Crippen molar-refractivity contribution in [2.75, 3.05) is 5.75 Å². The van der Waals surface area contributed by atoms with Crippen molar-refractivity contribution < 1.29 is 9.00 Å². The fraction of sp³-hybridized carbons (Fsp3) is 0.562. The SMILES string of the molecule is CCC(C(=O)c1ccccc1)S(=O)CC1CCCC1. The van der Waals surface area contributed by atoms with Gasteiger partial charge in [0.1, 0.15) is 0 Å². The lowest BCUT2D eigenvalue weighted by Crippen LogP contribution is -2.29. The monoisotopic (exact) mass is 278 g/mol. The van der Waals surface area contributed by atoms with E-state index in [-0.39, 0.29) is 11.0 Å². The molecule has 0 spiro atoms. The average molecular weight is 278 g/mol. The van der Waals surface area contributed by atoms with Crippen LogP contribution in [0.25, 0.3) is 0 Å². The largest absolute Gasteiger partial charge is 0.293 e. The maximum atomic E-state index is 12.4. The Kier molecular flexibility index (Phi) is 5.32. The molecule has 0 saturated heterocycles. The Hall–Kier alpha value is -0.960. The standard InChI is InChI=1S/C16H22O2S/c1-2-15(16(17)14-10-4-3-5-11-14)19(18)12-13-8-6-7-9-13/h3-5,10-11,13,15H,2,6-9,12H2,1H3. The number of carbonyl (C=O) groups is 1. The van der Waals surface area contributed by atoms with E-state index in [4.69, 9.17) is 0 Å². The molecule has 1 fully saturated rings. The molecule has 0 heterocycles. The van der Waals surface area contributed by atoms with E-state index in [9.17, 15) is 9.00 Å². The lowest BCUT2D eigenvalue weighted by Gasteiger charge is -2.16. The highest BCUT2D eigenvalue weighted by Gasteiger charge is 2.27. The quantitative estimate of drug-likeness (QED) is 0.745. The smallest absolute Gasteiger partial charge is 0.178 e. The van der Waals surface area contributed by atoms with Gasteiger partial charge in [-0.2, -0.15) is 0 Å². The van der Waals surface area contributed by atoms with Crippen molar-refractivity contribution in [1.29, 1.82) is 0 Å². The Morgan fingerprint density at radius 3 is 2.47 bits per heavy atom. The molecule has 0 aromatic heterocycles. The van der Waals surface area contributed by atoms with E-state index in [2.05, 4.69) is 0 Å². The first-order chi connectivity index (χ1) is 9.22. The minimum atomic E-state index is -1.03. The van der Waals surface area contributed by atoms with Crippen LogP contribution in [0.15, 0.2) is 30.3 Å². The Balaban J connectivity index is 2.02. The van der Waals surface area contributed by atoms with Gasteiger partial charge in [-0.05, 0) is 25.2 Å². The van der Waals surface area contributed by atoms with Crippen LogP contribution in [-0.2, 0) is 10.8 Å². The Bertz CT molecular complexity index is 435. The minimum Gasteiger partial charge on any atom is -0.293 e. The maximum absolute atomic E-state index is 12.4. The van der Waals surface area contributed by atoms with Gasteiger partial charge in [-0.15, -0.1) is 0 Å². The van der Waals surface area contributed by atoms with Gasteiger partial charge >= 0.3 is 0 Å². The number of rotatable bonds is 6. The maximum Gasteiger partial charge on any atom is 0.178 e. The lowest BCUT2D eigenvalue weighted by atomic mass is 10.1. The number of ketones is 1. The zero-order valence-corrected chi connectivity index (χ0v) is 12.3. The summed E-state index contributed by atoms with van der Waals surface area (Å²) in [5.41, 5.74) is 0.689. The van der Waals surface area contributed by atoms with Gasteiger partial charge in [-0.3, -0.25) is 9.00 Å². The second kappa shape index (κ2) is 6.99. The predicted molar refractivity (Wildman–Crippen MR) is 79.8 cm³/mol. The molecule has 1 aromatic rings. The Labute approximate surface area is 118 Å². The zero-order chi connectivity index (χ0) is 13.7. The van der Waals surface area contributed by atoms with Crippen LogP contribution in [0.3, 0.4) is 0 Å². The fourth-order valence-corrected chi connectivity index (χ4v) is 4.58. The van der Waals surface area contributed by atoms with Gasteiger partial charge in [-0.25, -0.2) is 0 Å². The van der Waals surface area contributed by atoms with E-state index in [1.54, 1.807) is 0 Å². The zero-order valence-electron chi connectivity index (χ0n) is 11.5. The molecular weight excluding hydrogens is 256 g/mol. The molecule has 0 radical (unpaired) electrons. The average Bonchev–Trinajstić information content (AvgIpc) is 2.93. The molecule has 0 N–H and O–H groups in total. The number of carbonyl (C=O) groups excluding carboxylic acids is 1. The third kappa shape index (κ3) is 3.75. The second-order valence-electron chi connectivity index (χ2n) is 5.33. The summed E-state index contributed by atoms with van der Waals surface area (Å²) in [5, 5.41) is -0.331. The molecule has 1 saturated carbocycles. The van der Waals surface area contributed by atoms with Crippen LogP contribution < -0.4 is 0 Å². The molecule has 2 atom stereocenters. The summed E-state index contributed by atoms with van der Waals surface area (Å²) in [5.74, 6) is 1.31. The third-order valence-corrected chi connectivity index (χ3v) is 5.90. The van der Waals surface area contributed by atoms with Crippen LogP contribution in [0.4, 0.5) is 0 Å². The number of benzene rings is 1. The Morgan fingerprint density at radius 2 is 1.89 bits per heavy atom. The van der Waals surface area contributed by atoms with Gasteiger partial charge in [0.05, 0.1) is 5.25 Å². The van der Waals surface area contributed by atoms with Crippen molar-refractivity contribution in [3.8, 4) is 0 Å². The predicted octanol–water partition coefficient (Wildman–Crippen LogP) is 3.59. The van der Waals surface area contributed by atoms with Gasteiger partial charge in [0.25, 0.3) is 0 Å². The fourth-order valence-electron chi connectivity index (χ4n) is 2.80. The molecule has 2 unspecified atom stereocenters. The van der Waals surface area contributed by atoms with Gasteiger partial charge in [0, 0.05) is 22.1 Å². The van der Waals surface area contributed by atoms with Crippen LogP contribution >= 0.6 is 0 Å². The molecule has 0 aliphatic heterocycles.